The van der Waals surface area contributed by atoms with Gasteiger partial charge in [0.2, 0.25) is 0 Å². The van der Waals surface area contributed by atoms with Crippen molar-refractivity contribution in [2.75, 3.05) is 29.6 Å². The number of nitrogens with one attached hydrogen (secondary N) is 2. The number of amides is 1. The first-order chi connectivity index (χ1) is 12.0. The van der Waals surface area contributed by atoms with E-state index >= 15 is 0 Å². The molecular weight excluding hydrogens is 336 g/mol. The van der Waals surface area contributed by atoms with Crippen LogP contribution in [0.5, 0.6) is 0 Å². The monoisotopic (exact) mass is 354 g/mol. The highest BCUT2D eigenvalue weighted by Crippen LogP contribution is 2.21. The van der Waals surface area contributed by atoms with Crippen LogP contribution in [-0.2, 0) is 0 Å². The maximum Gasteiger partial charge on any atom is 0.267 e. The van der Waals surface area contributed by atoms with E-state index < -0.39 is 0 Å². The molecule has 25 heavy (non-hydrogen) atoms. The highest BCUT2D eigenvalue weighted by atomic mass is 32.1. The highest BCUT2D eigenvalue weighted by Gasteiger charge is 2.11. The Morgan fingerprint density at radius 1 is 1.16 bits per heavy atom. The Morgan fingerprint density at radius 2 is 1.88 bits per heavy atom. The molecule has 0 saturated heterocycles. The van der Waals surface area contributed by atoms with E-state index in [0.717, 1.165) is 22.8 Å². The van der Waals surface area contributed by atoms with Crippen molar-refractivity contribution in [1.82, 2.24) is 15.2 Å². The van der Waals surface area contributed by atoms with Crippen LogP contribution in [0.1, 0.15) is 15.4 Å². The lowest BCUT2D eigenvalue weighted by molar-refractivity contribution is 0.103. The van der Waals surface area contributed by atoms with Gasteiger partial charge in [0.25, 0.3) is 5.91 Å². The number of nitrogens with zero attached hydrogens (tertiary/aromatic N) is 4. The van der Waals surface area contributed by atoms with E-state index in [1.54, 1.807) is 11.7 Å². The number of aromatic nitrogens is 3. The molecule has 1 aromatic carbocycles. The lowest BCUT2D eigenvalue weighted by Crippen LogP contribution is -2.11. The van der Waals surface area contributed by atoms with Crippen molar-refractivity contribution in [3.63, 3.8) is 0 Å². The number of aryl methyl sites for hydroxylation is 1. The number of rotatable bonds is 5. The second kappa shape index (κ2) is 7.27. The first kappa shape index (κ1) is 16.8. The minimum absolute atomic E-state index is 0.148. The van der Waals surface area contributed by atoms with Crippen molar-refractivity contribution in [2.45, 2.75) is 6.92 Å². The first-order valence-electron chi connectivity index (χ1n) is 7.61. The zero-order valence-electron chi connectivity index (χ0n) is 14.1. The second-order valence-corrected chi connectivity index (χ2v) is 6.47. The summed E-state index contributed by atoms with van der Waals surface area (Å²) in [6.07, 6.45) is 1.70. The van der Waals surface area contributed by atoms with E-state index in [1.807, 2.05) is 56.3 Å². The van der Waals surface area contributed by atoms with Crippen LogP contribution in [0, 0.1) is 6.92 Å². The van der Waals surface area contributed by atoms with Crippen LogP contribution in [0.4, 0.5) is 22.9 Å². The smallest absolute Gasteiger partial charge is 0.267 e. The molecule has 0 bridgehead atoms. The van der Waals surface area contributed by atoms with Gasteiger partial charge in [0.05, 0.1) is 23.1 Å². The Kier molecular flexibility index (Phi) is 4.90. The quantitative estimate of drug-likeness (QED) is 0.731. The molecule has 0 radical (unpaired) electrons. The van der Waals surface area contributed by atoms with Crippen LogP contribution < -0.4 is 15.5 Å². The Balaban J connectivity index is 1.67. The van der Waals surface area contributed by atoms with Gasteiger partial charge in [0.15, 0.2) is 5.82 Å². The molecule has 1 amide bonds. The minimum Gasteiger partial charge on any atom is -0.376 e. The molecule has 2 aromatic heterocycles. The minimum atomic E-state index is -0.148. The van der Waals surface area contributed by atoms with Crippen LogP contribution in [0.3, 0.4) is 0 Å². The number of benzene rings is 1. The summed E-state index contributed by atoms with van der Waals surface area (Å²) in [5, 5.41) is 14.1. The summed E-state index contributed by atoms with van der Waals surface area (Å²) in [4.78, 5) is 18.9. The average Bonchev–Trinajstić information content (AvgIpc) is 3.03. The van der Waals surface area contributed by atoms with Crippen molar-refractivity contribution in [3.05, 3.63) is 52.6 Å². The van der Waals surface area contributed by atoms with Crippen LogP contribution in [-0.4, -0.2) is 35.2 Å². The fraction of sp³-hybridized carbons (Fsp3) is 0.176. The summed E-state index contributed by atoms with van der Waals surface area (Å²) >= 11 is 1.33. The van der Waals surface area contributed by atoms with E-state index in [1.165, 1.54) is 11.3 Å². The zero-order chi connectivity index (χ0) is 17.8. The van der Waals surface area contributed by atoms with E-state index in [9.17, 15) is 4.79 Å². The largest absolute Gasteiger partial charge is 0.376 e. The van der Waals surface area contributed by atoms with Gasteiger partial charge in [0, 0.05) is 31.5 Å². The predicted molar refractivity (Wildman–Crippen MR) is 101 cm³/mol. The molecule has 0 aliphatic rings. The molecule has 0 aliphatic heterocycles. The SMILES string of the molecule is Cc1ncsc1C(=O)Nc1ccc(Nc2cc(N(C)C)cnn2)cc1. The van der Waals surface area contributed by atoms with Gasteiger partial charge in [-0.05, 0) is 31.2 Å². The summed E-state index contributed by atoms with van der Waals surface area (Å²) in [5.41, 5.74) is 4.94. The lowest BCUT2D eigenvalue weighted by Gasteiger charge is -2.13. The molecule has 2 N–H and O–H groups in total. The van der Waals surface area contributed by atoms with Crippen LogP contribution in [0.2, 0.25) is 0 Å². The van der Waals surface area contributed by atoms with Crippen molar-refractivity contribution < 1.29 is 4.79 Å². The zero-order valence-corrected chi connectivity index (χ0v) is 15.0. The van der Waals surface area contributed by atoms with Crippen LogP contribution in [0.25, 0.3) is 0 Å². The van der Waals surface area contributed by atoms with Crippen molar-refractivity contribution >= 4 is 40.1 Å². The molecular formula is C17H18N6OS. The molecule has 0 spiro atoms. The third-order valence-corrected chi connectivity index (χ3v) is 4.45. The lowest BCUT2D eigenvalue weighted by atomic mass is 10.2. The third kappa shape index (κ3) is 4.10. The van der Waals surface area contributed by atoms with Crippen molar-refractivity contribution in [3.8, 4) is 0 Å². The Hall–Kier alpha value is -3.00. The van der Waals surface area contributed by atoms with Crippen LogP contribution >= 0.6 is 11.3 Å². The maximum absolute atomic E-state index is 12.2. The Morgan fingerprint density at radius 3 is 2.52 bits per heavy atom. The van der Waals surface area contributed by atoms with Gasteiger partial charge >= 0.3 is 0 Å². The predicted octanol–water partition coefficient (Wildman–Crippen LogP) is 3.30. The van der Waals surface area contributed by atoms with Gasteiger partial charge < -0.3 is 15.5 Å². The molecule has 3 aromatic rings. The van der Waals surface area contributed by atoms with E-state index in [2.05, 4.69) is 25.8 Å². The summed E-state index contributed by atoms with van der Waals surface area (Å²) in [6, 6.07) is 9.33. The Labute approximate surface area is 149 Å². The number of carbonyl (C=O) groups is 1. The molecule has 8 heteroatoms. The summed E-state index contributed by atoms with van der Waals surface area (Å²) in [7, 11) is 3.90. The topological polar surface area (TPSA) is 83.0 Å². The van der Waals surface area contributed by atoms with E-state index in [0.29, 0.717) is 10.7 Å². The molecule has 0 unspecified atom stereocenters. The molecule has 0 fully saturated rings. The highest BCUT2D eigenvalue weighted by molar-refractivity contribution is 7.12. The fourth-order valence-corrected chi connectivity index (χ4v) is 2.85. The summed E-state index contributed by atoms with van der Waals surface area (Å²) in [5.74, 6) is 0.508. The molecule has 3 rings (SSSR count). The Bertz CT molecular complexity index is 875. The molecule has 0 saturated carbocycles. The first-order valence-corrected chi connectivity index (χ1v) is 8.49. The van der Waals surface area contributed by atoms with Gasteiger partial charge in [0.1, 0.15) is 4.88 Å². The molecule has 2 heterocycles. The molecule has 7 nitrogen and oxygen atoms in total. The number of anilines is 4. The number of hydrogen-bond donors (Lipinski definition) is 2. The normalized spacial score (nSPS) is 10.4. The number of carbonyl (C=O) groups excluding carboxylic acids is 1. The van der Waals surface area contributed by atoms with Gasteiger partial charge in [-0.2, -0.15) is 5.10 Å². The van der Waals surface area contributed by atoms with E-state index in [4.69, 9.17) is 0 Å². The summed E-state index contributed by atoms with van der Waals surface area (Å²) in [6.45, 7) is 1.82. The van der Waals surface area contributed by atoms with E-state index in [-0.39, 0.29) is 5.91 Å². The third-order valence-electron chi connectivity index (χ3n) is 3.52. The fourth-order valence-electron chi connectivity index (χ4n) is 2.15. The van der Waals surface area contributed by atoms with Gasteiger partial charge in [-0.25, -0.2) is 4.98 Å². The van der Waals surface area contributed by atoms with Crippen molar-refractivity contribution in [1.29, 1.82) is 0 Å². The number of thiazole rings is 1. The average molecular weight is 354 g/mol. The van der Waals surface area contributed by atoms with Gasteiger partial charge in [-0.1, -0.05) is 0 Å². The standard InChI is InChI=1S/C17H18N6OS/c1-11-16(25-10-18-11)17(24)21-13-6-4-12(5-7-13)20-15-8-14(23(2)3)9-19-22-15/h4-10H,1-3H3,(H,20,22)(H,21,24). The molecule has 128 valence electrons. The molecule has 0 aliphatic carbocycles. The van der Waals surface area contributed by atoms with Crippen molar-refractivity contribution in [2.24, 2.45) is 0 Å². The summed E-state index contributed by atoms with van der Waals surface area (Å²) < 4.78 is 0. The molecule has 0 atom stereocenters. The van der Waals surface area contributed by atoms with Gasteiger partial charge in [-0.15, -0.1) is 16.4 Å². The van der Waals surface area contributed by atoms with Gasteiger partial charge in [-0.3, -0.25) is 4.79 Å². The van der Waals surface area contributed by atoms with Crippen LogP contribution in [0.15, 0.2) is 42.0 Å². The maximum atomic E-state index is 12.2. The second-order valence-electron chi connectivity index (χ2n) is 5.62. The number of hydrogen-bond acceptors (Lipinski definition) is 7.